The number of halogens is 1. The van der Waals surface area contributed by atoms with Gasteiger partial charge in [-0.1, -0.05) is 83.7 Å². The highest BCUT2D eigenvalue weighted by Crippen LogP contribution is 2.68. The van der Waals surface area contributed by atoms with E-state index >= 15 is 0 Å². The van der Waals surface area contributed by atoms with Gasteiger partial charge in [-0.2, -0.15) is 0 Å². The van der Waals surface area contributed by atoms with Crippen molar-refractivity contribution in [3.63, 3.8) is 0 Å². The zero-order valence-electron chi connectivity index (χ0n) is 22.4. The molecule has 1 spiro atoms. The van der Waals surface area contributed by atoms with E-state index in [1.54, 1.807) is 16.7 Å². The SMILES string of the molecule is O=C(NC1CCCCC1)C1N([C@@H](CO)Cc2ccccc2)C(=O)[C@@H]2[C@@H](C(=O)Nc3ccccc3)[C@@H]3SC12CC3Br. The fraction of sp³-hybridized carbons (Fsp3) is 0.516. The van der Waals surface area contributed by atoms with Crippen molar-refractivity contribution in [2.24, 2.45) is 11.8 Å². The molecule has 0 radical (unpaired) electrons. The summed E-state index contributed by atoms with van der Waals surface area (Å²) in [5.41, 5.74) is 1.68. The molecule has 3 heterocycles. The molecule has 4 fully saturated rings. The van der Waals surface area contributed by atoms with E-state index in [2.05, 4.69) is 26.6 Å². The number of carbonyl (C=O) groups excluding carboxylic acids is 3. The lowest BCUT2D eigenvalue weighted by atomic mass is 9.70. The van der Waals surface area contributed by atoms with Gasteiger partial charge in [-0.15, -0.1) is 11.8 Å². The van der Waals surface area contributed by atoms with Gasteiger partial charge in [0.25, 0.3) is 0 Å². The molecule has 1 saturated carbocycles. The number of alkyl halides is 1. The predicted molar refractivity (Wildman–Crippen MR) is 160 cm³/mol. The van der Waals surface area contributed by atoms with E-state index in [4.69, 9.17) is 0 Å². The third kappa shape index (κ3) is 4.88. The van der Waals surface area contributed by atoms with Gasteiger partial charge in [-0.05, 0) is 43.4 Å². The highest BCUT2D eigenvalue weighted by molar-refractivity contribution is 9.09. The van der Waals surface area contributed by atoms with E-state index < -0.39 is 28.7 Å². The molecule has 2 aromatic carbocycles. The number of rotatable bonds is 8. The number of benzene rings is 2. The molecule has 3 unspecified atom stereocenters. The van der Waals surface area contributed by atoms with Crippen molar-refractivity contribution in [1.82, 2.24) is 10.2 Å². The van der Waals surface area contributed by atoms with Crippen molar-refractivity contribution < 1.29 is 19.5 Å². The Morgan fingerprint density at radius 3 is 2.38 bits per heavy atom. The van der Waals surface area contributed by atoms with Gasteiger partial charge >= 0.3 is 0 Å². The number of para-hydroxylation sites is 1. The zero-order chi connectivity index (χ0) is 27.9. The first-order chi connectivity index (χ1) is 19.4. The summed E-state index contributed by atoms with van der Waals surface area (Å²) >= 11 is 5.46. The largest absolute Gasteiger partial charge is 0.394 e. The monoisotopic (exact) mass is 625 g/mol. The minimum Gasteiger partial charge on any atom is -0.394 e. The molecule has 0 aromatic heterocycles. The van der Waals surface area contributed by atoms with E-state index in [0.29, 0.717) is 18.5 Å². The Morgan fingerprint density at radius 2 is 1.70 bits per heavy atom. The molecule has 3 aliphatic heterocycles. The number of nitrogens with one attached hydrogen (secondary N) is 2. The summed E-state index contributed by atoms with van der Waals surface area (Å²) in [5, 5.41) is 16.8. The summed E-state index contributed by atoms with van der Waals surface area (Å²) in [4.78, 5) is 44.2. The van der Waals surface area contributed by atoms with Gasteiger partial charge < -0.3 is 20.6 Å². The molecule has 7 atom stereocenters. The van der Waals surface area contributed by atoms with E-state index in [-0.39, 0.29) is 40.4 Å². The summed E-state index contributed by atoms with van der Waals surface area (Å²) in [6, 6.07) is 17.8. The number of amides is 3. The average molecular weight is 627 g/mol. The molecule has 212 valence electrons. The summed E-state index contributed by atoms with van der Waals surface area (Å²) in [6.07, 6.45) is 6.28. The maximum atomic E-state index is 14.5. The zero-order valence-corrected chi connectivity index (χ0v) is 24.8. The highest BCUT2D eigenvalue weighted by atomic mass is 79.9. The first kappa shape index (κ1) is 27.8. The second-order valence-electron chi connectivity index (χ2n) is 11.6. The van der Waals surface area contributed by atoms with Crippen LogP contribution in [-0.4, -0.2) is 67.3 Å². The standard InChI is InChI=1S/C31H36BrN3O4S/c32-23-17-31-25(24(26(23)40-31)28(37)33-20-12-6-2-7-13-20)30(39)35(22(18-36)16-19-10-4-1-5-11-19)27(31)29(38)34-21-14-8-3-9-15-21/h1-2,4-7,10-13,21-27,36H,3,8-9,14-18H2,(H,33,37)(H,34,38)/t22-,23?,24-,25+,26-,27?,31?/m1/s1. The Labute approximate surface area is 248 Å². The molecule has 6 rings (SSSR count). The van der Waals surface area contributed by atoms with Gasteiger partial charge in [0.05, 0.1) is 29.2 Å². The third-order valence-electron chi connectivity index (χ3n) is 9.19. The van der Waals surface area contributed by atoms with Crippen LogP contribution in [0, 0.1) is 11.8 Å². The maximum absolute atomic E-state index is 14.5. The smallest absolute Gasteiger partial charge is 0.244 e. The molecule has 40 heavy (non-hydrogen) atoms. The minimum absolute atomic E-state index is 0.000274. The van der Waals surface area contributed by atoms with Gasteiger partial charge in [0.2, 0.25) is 17.7 Å². The first-order valence-corrected chi connectivity index (χ1v) is 16.2. The van der Waals surface area contributed by atoms with Crippen LogP contribution in [0.25, 0.3) is 0 Å². The van der Waals surface area contributed by atoms with Crippen LogP contribution in [0.4, 0.5) is 5.69 Å². The molecule has 4 aliphatic rings. The Kier molecular flexibility index (Phi) is 7.98. The Bertz CT molecular complexity index is 1240. The Balaban J connectivity index is 1.36. The number of hydrogen-bond acceptors (Lipinski definition) is 5. The summed E-state index contributed by atoms with van der Waals surface area (Å²) in [7, 11) is 0. The van der Waals surface area contributed by atoms with Crippen molar-refractivity contribution in [2.45, 2.75) is 77.9 Å². The Morgan fingerprint density at radius 1 is 1.02 bits per heavy atom. The number of anilines is 1. The average Bonchev–Trinajstić information content (AvgIpc) is 3.56. The number of nitrogens with zero attached hydrogens (tertiary/aromatic N) is 1. The molecule has 1 aliphatic carbocycles. The lowest BCUT2D eigenvalue weighted by Crippen LogP contribution is -2.58. The van der Waals surface area contributed by atoms with Crippen molar-refractivity contribution in [3.8, 4) is 0 Å². The minimum atomic E-state index is -0.752. The van der Waals surface area contributed by atoms with Crippen LogP contribution in [-0.2, 0) is 20.8 Å². The second-order valence-corrected chi connectivity index (χ2v) is 14.4. The quantitative estimate of drug-likeness (QED) is 0.383. The fourth-order valence-corrected chi connectivity index (χ4v) is 11.1. The maximum Gasteiger partial charge on any atom is 0.244 e. The number of carbonyl (C=O) groups is 3. The number of likely N-dealkylation sites (tertiary alicyclic amines) is 1. The van der Waals surface area contributed by atoms with Crippen molar-refractivity contribution in [1.29, 1.82) is 0 Å². The van der Waals surface area contributed by atoms with Crippen molar-refractivity contribution in [2.75, 3.05) is 11.9 Å². The first-order valence-electron chi connectivity index (χ1n) is 14.4. The van der Waals surface area contributed by atoms with E-state index in [1.807, 2.05) is 60.7 Å². The number of aliphatic hydroxyl groups excluding tert-OH is 1. The Hall–Kier alpha value is -2.36. The molecule has 9 heteroatoms. The van der Waals surface area contributed by atoms with E-state index in [0.717, 1.165) is 31.2 Å². The van der Waals surface area contributed by atoms with Crippen LogP contribution in [0.2, 0.25) is 0 Å². The van der Waals surface area contributed by atoms with Crippen LogP contribution < -0.4 is 10.6 Å². The third-order valence-corrected chi connectivity index (χ3v) is 12.4. The normalized spacial score (nSPS) is 32.1. The number of thioether (sulfide) groups is 1. The molecular weight excluding hydrogens is 590 g/mol. The van der Waals surface area contributed by atoms with Gasteiger partial charge in [0, 0.05) is 21.8 Å². The number of aliphatic hydroxyl groups is 1. The topological polar surface area (TPSA) is 98.7 Å². The van der Waals surface area contributed by atoms with Crippen LogP contribution in [0.15, 0.2) is 60.7 Å². The molecule has 3 saturated heterocycles. The van der Waals surface area contributed by atoms with E-state index in [9.17, 15) is 19.5 Å². The molecule has 7 nitrogen and oxygen atoms in total. The van der Waals surface area contributed by atoms with Gasteiger partial charge in [-0.25, -0.2) is 0 Å². The summed E-state index contributed by atoms with van der Waals surface area (Å²) in [6.45, 7) is -0.261. The van der Waals surface area contributed by atoms with Crippen LogP contribution in [0.1, 0.15) is 44.1 Å². The summed E-state index contributed by atoms with van der Waals surface area (Å²) in [5.74, 6) is -1.74. The van der Waals surface area contributed by atoms with Crippen molar-refractivity contribution >= 4 is 51.1 Å². The number of hydrogen-bond donors (Lipinski definition) is 3. The molecule has 2 aromatic rings. The second kappa shape index (κ2) is 11.5. The fourth-order valence-electron chi connectivity index (χ4n) is 7.47. The lowest BCUT2D eigenvalue weighted by Gasteiger charge is -2.38. The highest BCUT2D eigenvalue weighted by Gasteiger charge is 2.76. The van der Waals surface area contributed by atoms with Crippen LogP contribution >= 0.6 is 27.7 Å². The lowest BCUT2D eigenvalue weighted by molar-refractivity contribution is -0.142. The molecule has 3 N–H and O–H groups in total. The summed E-state index contributed by atoms with van der Waals surface area (Å²) < 4.78 is -0.739. The van der Waals surface area contributed by atoms with E-state index in [1.165, 1.54) is 6.42 Å². The van der Waals surface area contributed by atoms with Crippen LogP contribution in [0.3, 0.4) is 0 Å². The molecule has 2 bridgehead atoms. The van der Waals surface area contributed by atoms with Crippen molar-refractivity contribution in [3.05, 3.63) is 66.2 Å². The van der Waals surface area contributed by atoms with Gasteiger partial charge in [0.1, 0.15) is 6.04 Å². The molecular formula is C31H36BrN3O4S. The number of fused-ring (bicyclic) bond motifs is 1. The van der Waals surface area contributed by atoms with Gasteiger partial charge in [0.15, 0.2) is 0 Å². The molecule has 3 amide bonds. The predicted octanol–water partition coefficient (Wildman–Crippen LogP) is 4.14. The van der Waals surface area contributed by atoms with Crippen LogP contribution in [0.5, 0.6) is 0 Å². The van der Waals surface area contributed by atoms with Gasteiger partial charge in [-0.3, -0.25) is 14.4 Å².